The second kappa shape index (κ2) is 10.2. The summed E-state index contributed by atoms with van der Waals surface area (Å²) in [7, 11) is 0. The van der Waals surface area contributed by atoms with E-state index < -0.39 is 0 Å². The Hall–Kier alpha value is -2.77. The number of piperazine rings is 1. The number of hydrogen-bond acceptors (Lipinski definition) is 6. The molecule has 32 heavy (non-hydrogen) atoms. The van der Waals surface area contributed by atoms with E-state index in [1.165, 1.54) is 28.6 Å². The van der Waals surface area contributed by atoms with Crippen molar-refractivity contribution in [3.05, 3.63) is 71.0 Å². The van der Waals surface area contributed by atoms with E-state index in [2.05, 4.69) is 57.1 Å². The smallest absolute Gasteiger partial charge is 0.234 e. The number of carbonyl (C=O) groups is 1. The Labute approximate surface area is 198 Å². The summed E-state index contributed by atoms with van der Waals surface area (Å²) in [6.45, 7) is 7.87. The number of thioether (sulfide) groups is 1. The fraction of sp³-hybridized carbons (Fsp3) is 0.292. The lowest BCUT2D eigenvalue weighted by Gasteiger charge is -2.37. The molecule has 0 spiro atoms. The average Bonchev–Trinajstić information content (AvgIpc) is 2.81. The molecule has 0 radical (unpaired) electrons. The van der Waals surface area contributed by atoms with Gasteiger partial charge in [0, 0.05) is 44.3 Å². The number of amides is 1. The summed E-state index contributed by atoms with van der Waals surface area (Å²) in [5.41, 5.74) is 4.56. The SMILES string of the molecule is Cc1cccc(N2CCN(c3nccnc3SCC(=O)Nc3ccccc3Cl)CC2)c1C. The molecule has 0 atom stereocenters. The van der Waals surface area contributed by atoms with Gasteiger partial charge in [-0.2, -0.15) is 0 Å². The van der Waals surface area contributed by atoms with Crippen molar-refractivity contribution in [1.29, 1.82) is 0 Å². The first kappa shape index (κ1) is 22.4. The number of rotatable bonds is 6. The Morgan fingerprint density at radius 3 is 2.50 bits per heavy atom. The fourth-order valence-corrected chi connectivity index (χ4v) is 4.73. The normalized spacial score (nSPS) is 13.8. The molecule has 0 aliphatic carbocycles. The van der Waals surface area contributed by atoms with Gasteiger partial charge >= 0.3 is 0 Å². The zero-order valence-corrected chi connectivity index (χ0v) is 19.8. The van der Waals surface area contributed by atoms with E-state index >= 15 is 0 Å². The van der Waals surface area contributed by atoms with Crippen molar-refractivity contribution < 1.29 is 4.79 Å². The topological polar surface area (TPSA) is 61.4 Å². The molecule has 1 fully saturated rings. The van der Waals surface area contributed by atoms with Crippen molar-refractivity contribution in [2.24, 2.45) is 0 Å². The average molecular weight is 468 g/mol. The molecular weight excluding hydrogens is 442 g/mol. The zero-order valence-electron chi connectivity index (χ0n) is 18.2. The lowest BCUT2D eigenvalue weighted by atomic mass is 10.1. The van der Waals surface area contributed by atoms with E-state index in [-0.39, 0.29) is 11.7 Å². The van der Waals surface area contributed by atoms with Crippen molar-refractivity contribution in [3.63, 3.8) is 0 Å². The first-order valence-corrected chi connectivity index (χ1v) is 11.9. The van der Waals surface area contributed by atoms with Crippen molar-refractivity contribution in [1.82, 2.24) is 9.97 Å². The number of nitrogens with zero attached hydrogens (tertiary/aromatic N) is 4. The van der Waals surface area contributed by atoms with Crippen LogP contribution in [0.1, 0.15) is 11.1 Å². The van der Waals surface area contributed by atoms with Gasteiger partial charge in [-0.05, 0) is 43.2 Å². The van der Waals surface area contributed by atoms with Crippen LogP contribution in [0.2, 0.25) is 5.02 Å². The summed E-state index contributed by atoms with van der Waals surface area (Å²) >= 11 is 7.52. The monoisotopic (exact) mass is 467 g/mol. The Balaban J connectivity index is 1.38. The number of benzene rings is 2. The molecule has 0 unspecified atom stereocenters. The van der Waals surface area contributed by atoms with Gasteiger partial charge in [-0.25, -0.2) is 9.97 Å². The van der Waals surface area contributed by atoms with Crippen LogP contribution in [0, 0.1) is 13.8 Å². The number of halogens is 1. The Bertz CT molecular complexity index is 1100. The van der Waals surface area contributed by atoms with Gasteiger partial charge in [-0.15, -0.1) is 0 Å². The van der Waals surface area contributed by atoms with Crippen molar-refractivity contribution in [2.75, 3.05) is 47.0 Å². The minimum Gasteiger partial charge on any atom is -0.368 e. The molecule has 1 saturated heterocycles. The summed E-state index contributed by atoms with van der Waals surface area (Å²) in [6.07, 6.45) is 3.38. The number of nitrogens with one attached hydrogen (secondary N) is 1. The third-order valence-corrected chi connectivity index (χ3v) is 6.93. The molecule has 3 aromatic rings. The zero-order chi connectivity index (χ0) is 22.5. The van der Waals surface area contributed by atoms with Crippen molar-refractivity contribution in [2.45, 2.75) is 18.9 Å². The molecule has 6 nitrogen and oxygen atoms in total. The van der Waals surface area contributed by atoms with Gasteiger partial charge in [0.2, 0.25) is 5.91 Å². The third kappa shape index (κ3) is 5.16. The molecular formula is C24H26ClN5OS. The van der Waals surface area contributed by atoms with Crippen LogP contribution < -0.4 is 15.1 Å². The molecule has 1 aliphatic rings. The van der Waals surface area contributed by atoms with E-state index in [0.717, 1.165) is 37.0 Å². The maximum absolute atomic E-state index is 12.4. The number of aryl methyl sites for hydroxylation is 1. The van der Waals surface area contributed by atoms with Gasteiger partial charge in [0.05, 0.1) is 16.5 Å². The second-order valence-corrected chi connectivity index (χ2v) is 9.07. The van der Waals surface area contributed by atoms with Crippen LogP contribution in [0.15, 0.2) is 59.9 Å². The Morgan fingerprint density at radius 2 is 1.72 bits per heavy atom. The molecule has 166 valence electrons. The molecule has 1 amide bonds. The highest BCUT2D eigenvalue weighted by molar-refractivity contribution is 8.00. The minimum atomic E-state index is -0.126. The van der Waals surface area contributed by atoms with E-state index in [4.69, 9.17) is 11.6 Å². The highest BCUT2D eigenvalue weighted by Crippen LogP contribution is 2.29. The highest BCUT2D eigenvalue weighted by atomic mass is 35.5. The fourth-order valence-electron chi connectivity index (χ4n) is 3.76. The molecule has 0 saturated carbocycles. The lowest BCUT2D eigenvalue weighted by molar-refractivity contribution is -0.113. The Morgan fingerprint density at radius 1 is 1.00 bits per heavy atom. The first-order chi connectivity index (χ1) is 15.5. The summed E-state index contributed by atoms with van der Waals surface area (Å²) in [5, 5.41) is 4.14. The summed E-state index contributed by atoms with van der Waals surface area (Å²) in [6, 6.07) is 13.7. The maximum Gasteiger partial charge on any atom is 0.234 e. The van der Waals surface area contributed by atoms with Crippen molar-refractivity contribution >= 4 is 46.5 Å². The van der Waals surface area contributed by atoms with E-state index in [0.29, 0.717) is 10.7 Å². The molecule has 1 N–H and O–H groups in total. The largest absolute Gasteiger partial charge is 0.368 e. The van der Waals surface area contributed by atoms with Gasteiger partial charge in [-0.1, -0.05) is 47.6 Å². The summed E-state index contributed by atoms with van der Waals surface area (Å²) < 4.78 is 0. The van der Waals surface area contributed by atoms with Gasteiger partial charge in [0.25, 0.3) is 0 Å². The van der Waals surface area contributed by atoms with Gasteiger partial charge in [-0.3, -0.25) is 4.79 Å². The molecule has 2 heterocycles. The third-order valence-electron chi connectivity index (χ3n) is 5.63. The molecule has 2 aromatic carbocycles. The highest BCUT2D eigenvalue weighted by Gasteiger charge is 2.22. The van der Waals surface area contributed by atoms with E-state index in [1.54, 1.807) is 24.5 Å². The predicted molar refractivity (Wildman–Crippen MR) is 133 cm³/mol. The van der Waals surface area contributed by atoms with Gasteiger partial charge in [0.15, 0.2) is 5.82 Å². The summed E-state index contributed by atoms with van der Waals surface area (Å²) in [4.78, 5) is 26.2. The minimum absolute atomic E-state index is 0.126. The van der Waals surface area contributed by atoms with Gasteiger partial charge in [0.1, 0.15) is 5.03 Å². The number of para-hydroxylation sites is 1. The van der Waals surface area contributed by atoms with Gasteiger partial charge < -0.3 is 15.1 Å². The first-order valence-electron chi connectivity index (χ1n) is 10.6. The molecule has 4 rings (SSSR count). The van der Waals surface area contributed by atoms with Crippen LogP contribution >= 0.6 is 23.4 Å². The van der Waals surface area contributed by atoms with Crippen molar-refractivity contribution in [3.8, 4) is 0 Å². The quantitative estimate of drug-likeness (QED) is 0.525. The lowest BCUT2D eigenvalue weighted by Crippen LogP contribution is -2.47. The molecule has 1 aromatic heterocycles. The summed E-state index contributed by atoms with van der Waals surface area (Å²) in [5.74, 6) is 0.947. The second-order valence-electron chi connectivity index (χ2n) is 7.69. The molecule has 8 heteroatoms. The number of aromatic nitrogens is 2. The van der Waals surface area contributed by atoms with Crippen LogP contribution in [0.25, 0.3) is 0 Å². The molecule has 0 bridgehead atoms. The molecule has 1 aliphatic heterocycles. The van der Waals surface area contributed by atoms with Crippen LogP contribution in [-0.4, -0.2) is 47.8 Å². The Kier molecular flexibility index (Phi) is 7.17. The van der Waals surface area contributed by atoms with Crippen LogP contribution in [0.5, 0.6) is 0 Å². The number of carbonyl (C=O) groups excluding carboxylic acids is 1. The van der Waals surface area contributed by atoms with Crippen LogP contribution in [-0.2, 0) is 4.79 Å². The maximum atomic E-state index is 12.4. The van der Waals surface area contributed by atoms with E-state index in [1.807, 2.05) is 12.1 Å². The van der Waals surface area contributed by atoms with Crippen LogP contribution in [0.3, 0.4) is 0 Å². The standard InChI is InChI=1S/C24H26ClN5OS/c1-17-6-5-9-21(18(17)2)29-12-14-30(15-13-29)23-24(27-11-10-26-23)32-16-22(31)28-20-8-4-3-7-19(20)25/h3-11H,12-16H2,1-2H3,(H,28,31). The van der Waals surface area contributed by atoms with Crippen LogP contribution in [0.4, 0.5) is 17.2 Å². The van der Waals surface area contributed by atoms with E-state index in [9.17, 15) is 4.79 Å². The predicted octanol–water partition coefficient (Wildman–Crippen LogP) is 4.80. The number of hydrogen-bond donors (Lipinski definition) is 1. The number of anilines is 3.